The molecule has 104 valence electrons. The predicted molar refractivity (Wildman–Crippen MR) is 91.1 cm³/mol. The Hall–Kier alpha value is -1.47. The fraction of sp³-hybridized carbons (Fsp3) is 0.263. The Morgan fingerprint density at radius 3 is 2.45 bits per heavy atom. The Morgan fingerprint density at radius 1 is 0.950 bits per heavy atom. The average Bonchev–Trinajstić information content (AvgIpc) is 2.56. The molecule has 0 aromatic heterocycles. The van der Waals surface area contributed by atoms with Gasteiger partial charge < -0.3 is 0 Å². The van der Waals surface area contributed by atoms with Crippen LogP contribution in [0.25, 0.3) is 0 Å². The number of rotatable bonds is 3. The fourth-order valence-corrected chi connectivity index (χ4v) is 6.22. The highest BCUT2D eigenvalue weighted by Crippen LogP contribution is 2.67. The number of hydrogen-bond donors (Lipinski definition) is 0. The zero-order valence-corrected chi connectivity index (χ0v) is 12.9. The molecule has 1 atom stereocenters. The topological polar surface area (TPSA) is 0 Å². The quantitative estimate of drug-likeness (QED) is 0.643. The van der Waals surface area contributed by atoms with Gasteiger partial charge in [0.25, 0.3) is 0 Å². The molecule has 0 aliphatic heterocycles. The van der Waals surface area contributed by atoms with Gasteiger partial charge in [-0.3, -0.25) is 0 Å². The van der Waals surface area contributed by atoms with Crippen molar-refractivity contribution in [2.45, 2.75) is 30.6 Å². The normalized spacial score (nSPS) is 22.6. The molecule has 1 heteroatoms. The molecule has 1 aromatic rings. The highest BCUT2D eigenvalue weighted by atomic mass is 32.3. The second-order valence-corrected chi connectivity index (χ2v) is 8.72. The van der Waals surface area contributed by atoms with Gasteiger partial charge in [0.2, 0.25) is 0 Å². The zero-order valence-electron chi connectivity index (χ0n) is 12.1. The molecule has 2 aliphatic rings. The summed E-state index contributed by atoms with van der Waals surface area (Å²) in [5, 5.41) is 0. The molecule has 0 saturated carbocycles. The third kappa shape index (κ3) is 2.43. The minimum absolute atomic E-state index is 1.04. The van der Waals surface area contributed by atoms with Crippen LogP contribution in [0.3, 0.4) is 0 Å². The van der Waals surface area contributed by atoms with Crippen LogP contribution in [0.2, 0.25) is 0 Å². The molecule has 1 aromatic carbocycles. The zero-order chi connectivity index (χ0) is 13.8. The van der Waals surface area contributed by atoms with E-state index in [0.29, 0.717) is 0 Å². The summed E-state index contributed by atoms with van der Waals surface area (Å²) in [6.45, 7) is 0. The van der Waals surface area contributed by atoms with E-state index in [1.54, 1.807) is 4.91 Å². The lowest BCUT2D eigenvalue weighted by atomic mass is 10.2. The highest BCUT2D eigenvalue weighted by molar-refractivity contribution is 8.39. The Morgan fingerprint density at radius 2 is 1.80 bits per heavy atom. The van der Waals surface area contributed by atoms with Crippen LogP contribution < -0.4 is 0 Å². The lowest BCUT2D eigenvalue weighted by Gasteiger charge is -2.41. The summed E-state index contributed by atoms with van der Waals surface area (Å²) in [7, 11) is -1.04. The van der Waals surface area contributed by atoms with Gasteiger partial charge in [-0.25, -0.2) is 0 Å². The summed E-state index contributed by atoms with van der Waals surface area (Å²) in [4.78, 5) is 4.64. The van der Waals surface area contributed by atoms with Crippen LogP contribution in [0.1, 0.15) is 25.7 Å². The number of benzene rings is 1. The largest absolute Gasteiger partial charge is 0.167 e. The molecule has 0 amide bonds. The molecule has 3 rings (SSSR count). The van der Waals surface area contributed by atoms with Crippen LogP contribution >= 0.6 is 10.0 Å². The van der Waals surface area contributed by atoms with E-state index in [-0.39, 0.29) is 0 Å². The van der Waals surface area contributed by atoms with E-state index in [2.05, 4.69) is 73.0 Å². The Kier molecular flexibility index (Phi) is 3.98. The van der Waals surface area contributed by atoms with E-state index in [0.717, 1.165) is 0 Å². The fourth-order valence-electron chi connectivity index (χ4n) is 2.94. The van der Waals surface area contributed by atoms with Gasteiger partial charge in [0.15, 0.2) is 0 Å². The van der Waals surface area contributed by atoms with Crippen molar-refractivity contribution < 1.29 is 0 Å². The second-order valence-electron chi connectivity index (χ2n) is 5.42. The van der Waals surface area contributed by atoms with E-state index in [4.69, 9.17) is 0 Å². The predicted octanol–water partition coefficient (Wildman–Crippen LogP) is 5.95. The van der Waals surface area contributed by atoms with Crippen molar-refractivity contribution in [1.29, 1.82) is 0 Å². The van der Waals surface area contributed by atoms with E-state index >= 15 is 0 Å². The third-order valence-electron chi connectivity index (χ3n) is 4.15. The molecule has 0 heterocycles. The van der Waals surface area contributed by atoms with Crippen molar-refractivity contribution in [2.75, 3.05) is 6.26 Å². The maximum Gasteiger partial charge on any atom is -0.00240 e. The SMILES string of the molecule is CS(C1=CCCC=C1)(C1=CC=CCC1)c1ccccc1. The van der Waals surface area contributed by atoms with Crippen LogP contribution in [-0.2, 0) is 0 Å². The van der Waals surface area contributed by atoms with E-state index in [1.807, 2.05) is 0 Å². The van der Waals surface area contributed by atoms with Crippen LogP contribution in [0.4, 0.5) is 0 Å². The number of allylic oxidation sites excluding steroid dienone is 7. The Bertz CT molecular complexity index is 589. The van der Waals surface area contributed by atoms with Crippen molar-refractivity contribution >= 4 is 10.0 Å². The number of hydrogen-bond acceptors (Lipinski definition) is 0. The average molecular weight is 282 g/mol. The minimum atomic E-state index is -1.04. The summed E-state index contributed by atoms with van der Waals surface area (Å²) in [6.07, 6.45) is 21.2. The van der Waals surface area contributed by atoms with Crippen molar-refractivity contribution in [3.8, 4) is 0 Å². The third-order valence-corrected chi connectivity index (χ3v) is 8.00. The van der Waals surface area contributed by atoms with Crippen molar-refractivity contribution in [3.05, 3.63) is 76.6 Å². The monoisotopic (exact) mass is 282 g/mol. The summed E-state index contributed by atoms with van der Waals surface area (Å²) < 4.78 is 0. The summed E-state index contributed by atoms with van der Waals surface area (Å²) in [6, 6.07) is 11.1. The molecule has 0 spiro atoms. The molecule has 0 nitrogen and oxygen atoms in total. The summed E-state index contributed by atoms with van der Waals surface area (Å²) >= 11 is 0. The minimum Gasteiger partial charge on any atom is -0.167 e. The molecule has 0 saturated heterocycles. The van der Waals surface area contributed by atoms with Gasteiger partial charge in [0.1, 0.15) is 0 Å². The van der Waals surface area contributed by atoms with Crippen molar-refractivity contribution in [2.24, 2.45) is 0 Å². The van der Waals surface area contributed by atoms with E-state index in [9.17, 15) is 0 Å². The molecule has 0 bridgehead atoms. The summed E-state index contributed by atoms with van der Waals surface area (Å²) in [5.74, 6) is 0. The smallest absolute Gasteiger partial charge is 0.00240 e. The maximum absolute atomic E-state index is 2.47. The van der Waals surface area contributed by atoms with Crippen LogP contribution in [0.5, 0.6) is 0 Å². The maximum atomic E-state index is 2.47. The molecule has 0 radical (unpaired) electrons. The molecule has 20 heavy (non-hydrogen) atoms. The van der Waals surface area contributed by atoms with Crippen LogP contribution in [0.15, 0.2) is 81.5 Å². The Labute approximate surface area is 123 Å². The van der Waals surface area contributed by atoms with Crippen molar-refractivity contribution in [3.63, 3.8) is 0 Å². The first-order valence-electron chi connectivity index (χ1n) is 7.38. The van der Waals surface area contributed by atoms with Gasteiger partial charge >= 0.3 is 0 Å². The van der Waals surface area contributed by atoms with Gasteiger partial charge in [-0.15, -0.1) is 0 Å². The first-order chi connectivity index (χ1) is 9.82. The van der Waals surface area contributed by atoms with Gasteiger partial charge in [-0.2, -0.15) is 10.0 Å². The molecular formula is C19H22S. The second kappa shape index (κ2) is 5.88. The van der Waals surface area contributed by atoms with Crippen molar-refractivity contribution in [1.82, 2.24) is 0 Å². The van der Waals surface area contributed by atoms with Crippen LogP contribution in [-0.4, -0.2) is 6.26 Å². The highest BCUT2D eigenvalue weighted by Gasteiger charge is 2.29. The van der Waals surface area contributed by atoms with Gasteiger partial charge in [0.05, 0.1) is 0 Å². The standard InChI is InChI=1S/C19H22S/c1-20(17-11-5-2-6-12-17,18-13-7-3-8-14-18)19-15-9-4-10-16-19/h2-3,5-7,9,11-13,15-16H,4,8,10,14H2,1H3. The molecule has 1 unspecified atom stereocenters. The van der Waals surface area contributed by atoms with Gasteiger partial charge in [-0.1, -0.05) is 54.7 Å². The summed E-state index contributed by atoms with van der Waals surface area (Å²) in [5.41, 5.74) is 0. The lowest BCUT2D eigenvalue weighted by Crippen LogP contribution is -2.07. The molecular weight excluding hydrogens is 260 g/mol. The first-order valence-corrected chi connectivity index (χ1v) is 9.42. The van der Waals surface area contributed by atoms with Crippen LogP contribution in [0, 0.1) is 0 Å². The Balaban J connectivity index is 2.12. The molecule has 0 N–H and O–H groups in total. The lowest BCUT2D eigenvalue weighted by molar-refractivity contribution is 1.01. The van der Waals surface area contributed by atoms with E-state index in [1.165, 1.54) is 35.5 Å². The molecule has 2 aliphatic carbocycles. The first kappa shape index (κ1) is 13.5. The van der Waals surface area contributed by atoms with E-state index < -0.39 is 10.0 Å². The van der Waals surface area contributed by atoms with Gasteiger partial charge in [0, 0.05) is 0 Å². The van der Waals surface area contributed by atoms with Gasteiger partial charge in [-0.05, 0) is 58.8 Å². The molecule has 0 fully saturated rings.